The van der Waals surface area contributed by atoms with Crippen LogP contribution in [0.25, 0.3) is 0 Å². The molecular weight excluding hydrogens is 278 g/mol. The molecule has 1 saturated carbocycles. The Kier molecular flexibility index (Phi) is 4.71. The third-order valence-corrected chi connectivity index (χ3v) is 4.53. The molecule has 2 heterocycles. The van der Waals surface area contributed by atoms with E-state index in [1.54, 1.807) is 6.20 Å². The molecule has 0 bridgehead atoms. The maximum Gasteiger partial charge on any atom is 0.226 e. The molecule has 1 aromatic heterocycles. The molecule has 22 heavy (non-hydrogen) atoms. The number of pyridine rings is 1. The van der Waals surface area contributed by atoms with Crippen molar-refractivity contribution in [1.82, 2.24) is 15.2 Å². The molecule has 3 rings (SSSR count). The lowest BCUT2D eigenvalue weighted by Gasteiger charge is -2.20. The average Bonchev–Trinajstić information content (AvgIpc) is 3.36. The summed E-state index contributed by atoms with van der Waals surface area (Å²) in [6, 6.07) is 5.63. The minimum absolute atomic E-state index is 0.0150. The first-order valence-electron chi connectivity index (χ1n) is 8.22. The number of carbonyl (C=O) groups excluding carboxylic acids is 2. The number of likely N-dealkylation sites (tertiary alicyclic amines) is 1. The maximum absolute atomic E-state index is 12.4. The molecule has 2 fully saturated rings. The van der Waals surface area contributed by atoms with Crippen LogP contribution in [-0.4, -0.2) is 34.8 Å². The first-order chi connectivity index (χ1) is 10.8. The molecule has 2 atom stereocenters. The van der Waals surface area contributed by atoms with Crippen LogP contribution < -0.4 is 5.32 Å². The zero-order chi connectivity index (χ0) is 15.4. The molecule has 2 unspecified atom stereocenters. The van der Waals surface area contributed by atoms with Crippen LogP contribution in [-0.2, 0) is 16.1 Å². The van der Waals surface area contributed by atoms with Gasteiger partial charge in [-0.2, -0.15) is 0 Å². The number of nitrogens with zero attached hydrogens (tertiary/aromatic N) is 2. The molecule has 118 valence electrons. The van der Waals surface area contributed by atoms with Gasteiger partial charge in [0.1, 0.15) is 0 Å². The van der Waals surface area contributed by atoms with Crippen molar-refractivity contribution in [3.05, 3.63) is 30.1 Å². The summed E-state index contributed by atoms with van der Waals surface area (Å²) in [6.07, 6.45) is 7.02. The Bertz CT molecular complexity index is 524. The molecule has 1 N–H and O–H groups in total. The number of nitrogens with one attached hydrogen (secondary N) is 1. The number of hydrogen-bond donors (Lipinski definition) is 1. The third kappa shape index (κ3) is 3.64. The highest BCUT2D eigenvalue weighted by Gasteiger charge is 2.49. The number of hydrogen-bond acceptors (Lipinski definition) is 3. The standard InChI is InChI=1S/C17H23N3O2/c21-16(19-12-13-7-3-4-8-18-13)14-11-15(14)17(22)20-9-5-1-2-6-10-20/h3-4,7-8,14-15H,1-2,5-6,9-12H2,(H,19,21). The van der Waals surface area contributed by atoms with Crippen molar-refractivity contribution in [3.63, 3.8) is 0 Å². The molecule has 2 aliphatic rings. The van der Waals surface area contributed by atoms with Crippen LogP contribution in [0.5, 0.6) is 0 Å². The van der Waals surface area contributed by atoms with Gasteiger partial charge in [0.2, 0.25) is 11.8 Å². The lowest BCUT2D eigenvalue weighted by Crippen LogP contribution is -2.35. The van der Waals surface area contributed by atoms with E-state index in [-0.39, 0.29) is 23.7 Å². The number of amides is 2. The van der Waals surface area contributed by atoms with Crippen LogP contribution in [0.3, 0.4) is 0 Å². The van der Waals surface area contributed by atoms with Crippen LogP contribution in [0.4, 0.5) is 0 Å². The van der Waals surface area contributed by atoms with Crippen molar-refractivity contribution >= 4 is 11.8 Å². The summed E-state index contributed by atoms with van der Waals surface area (Å²) in [6.45, 7) is 2.15. The molecule has 1 saturated heterocycles. The van der Waals surface area contributed by atoms with Gasteiger partial charge in [0.15, 0.2) is 0 Å². The van der Waals surface area contributed by atoms with E-state index in [0.29, 0.717) is 13.0 Å². The fraction of sp³-hybridized carbons (Fsp3) is 0.588. The third-order valence-electron chi connectivity index (χ3n) is 4.53. The highest BCUT2D eigenvalue weighted by atomic mass is 16.2. The van der Waals surface area contributed by atoms with Crippen molar-refractivity contribution in [3.8, 4) is 0 Å². The molecule has 1 aliphatic carbocycles. The van der Waals surface area contributed by atoms with Crippen LogP contribution in [0.15, 0.2) is 24.4 Å². The molecule has 0 radical (unpaired) electrons. The van der Waals surface area contributed by atoms with Gasteiger partial charge in [-0.05, 0) is 31.4 Å². The molecule has 2 amide bonds. The van der Waals surface area contributed by atoms with E-state index in [1.165, 1.54) is 12.8 Å². The number of aromatic nitrogens is 1. The van der Waals surface area contributed by atoms with Gasteiger partial charge in [-0.3, -0.25) is 14.6 Å². The summed E-state index contributed by atoms with van der Waals surface area (Å²) in [5, 5.41) is 2.89. The normalized spacial score (nSPS) is 24.5. The Morgan fingerprint density at radius 2 is 1.91 bits per heavy atom. The molecule has 1 aromatic rings. The monoisotopic (exact) mass is 301 g/mol. The Balaban J connectivity index is 1.46. The van der Waals surface area contributed by atoms with Crippen molar-refractivity contribution < 1.29 is 9.59 Å². The molecule has 5 heteroatoms. The Morgan fingerprint density at radius 3 is 2.59 bits per heavy atom. The van der Waals surface area contributed by atoms with E-state index < -0.39 is 0 Å². The summed E-state index contributed by atoms with van der Waals surface area (Å²) < 4.78 is 0. The highest BCUT2D eigenvalue weighted by molar-refractivity contribution is 5.92. The Hall–Kier alpha value is -1.91. The summed E-state index contributed by atoms with van der Waals surface area (Å²) in [4.78, 5) is 30.7. The van der Waals surface area contributed by atoms with E-state index in [0.717, 1.165) is 31.6 Å². The lowest BCUT2D eigenvalue weighted by molar-refractivity contribution is -0.134. The largest absolute Gasteiger partial charge is 0.350 e. The van der Waals surface area contributed by atoms with Crippen LogP contribution in [0.1, 0.15) is 37.8 Å². The summed E-state index contributed by atoms with van der Waals surface area (Å²) in [7, 11) is 0. The van der Waals surface area contributed by atoms with E-state index in [1.807, 2.05) is 23.1 Å². The molecular formula is C17H23N3O2. The Labute approximate surface area is 131 Å². The SMILES string of the molecule is O=C(NCc1ccccn1)C1CC1C(=O)N1CCCCCC1. The van der Waals surface area contributed by atoms with Gasteiger partial charge in [-0.25, -0.2) is 0 Å². The molecule has 1 aliphatic heterocycles. The van der Waals surface area contributed by atoms with E-state index in [2.05, 4.69) is 10.3 Å². The van der Waals surface area contributed by atoms with Gasteiger partial charge in [0, 0.05) is 19.3 Å². The zero-order valence-corrected chi connectivity index (χ0v) is 12.8. The first-order valence-corrected chi connectivity index (χ1v) is 8.22. The smallest absolute Gasteiger partial charge is 0.226 e. The topological polar surface area (TPSA) is 62.3 Å². The van der Waals surface area contributed by atoms with Gasteiger partial charge in [-0.1, -0.05) is 18.9 Å². The predicted molar refractivity (Wildman–Crippen MR) is 82.7 cm³/mol. The summed E-state index contributed by atoms with van der Waals surface area (Å²) in [5.74, 6) is -0.0694. The minimum atomic E-state index is -0.139. The van der Waals surface area contributed by atoms with Crippen molar-refractivity contribution in [2.45, 2.75) is 38.6 Å². The second-order valence-electron chi connectivity index (χ2n) is 6.23. The summed E-state index contributed by atoms with van der Waals surface area (Å²) in [5.41, 5.74) is 0.840. The first kappa shape index (κ1) is 15.0. The van der Waals surface area contributed by atoms with Crippen molar-refractivity contribution in [2.75, 3.05) is 13.1 Å². The number of rotatable bonds is 4. The van der Waals surface area contributed by atoms with Crippen LogP contribution in [0.2, 0.25) is 0 Å². The van der Waals surface area contributed by atoms with Gasteiger partial charge >= 0.3 is 0 Å². The van der Waals surface area contributed by atoms with Gasteiger partial charge in [0.05, 0.1) is 24.1 Å². The second-order valence-corrected chi connectivity index (χ2v) is 6.23. The van der Waals surface area contributed by atoms with E-state index in [4.69, 9.17) is 0 Å². The predicted octanol–water partition coefficient (Wildman–Crippen LogP) is 1.74. The molecule has 5 nitrogen and oxygen atoms in total. The maximum atomic E-state index is 12.4. The van der Waals surface area contributed by atoms with Crippen molar-refractivity contribution in [1.29, 1.82) is 0 Å². The van der Waals surface area contributed by atoms with Gasteiger partial charge < -0.3 is 10.2 Å². The van der Waals surface area contributed by atoms with Crippen LogP contribution >= 0.6 is 0 Å². The minimum Gasteiger partial charge on any atom is -0.350 e. The number of carbonyl (C=O) groups is 2. The van der Waals surface area contributed by atoms with E-state index in [9.17, 15) is 9.59 Å². The zero-order valence-electron chi connectivity index (χ0n) is 12.8. The van der Waals surface area contributed by atoms with Crippen molar-refractivity contribution in [2.24, 2.45) is 11.8 Å². The molecule has 0 spiro atoms. The highest BCUT2D eigenvalue weighted by Crippen LogP contribution is 2.40. The fourth-order valence-electron chi connectivity index (χ4n) is 3.09. The second kappa shape index (κ2) is 6.90. The van der Waals surface area contributed by atoms with Gasteiger partial charge in [-0.15, -0.1) is 0 Å². The Morgan fingerprint density at radius 1 is 1.14 bits per heavy atom. The van der Waals surface area contributed by atoms with Gasteiger partial charge in [0.25, 0.3) is 0 Å². The van der Waals surface area contributed by atoms with Crippen LogP contribution in [0, 0.1) is 11.8 Å². The molecule has 0 aromatic carbocycles. The van der Waals surface area contributed by atoms with E-state index >= 15 is 0 Å². The quantitative estimate of drug-likeness (QED) is 0.921. The summed E-state index contributed by atoms with van der Waals surface area (Å²) >= 11 is 0. The fourth-order valence-corrected chi connectivity index (χ4v) is 3.09. The average molecular weight is 301 g/mol. The lowest BCUT2D eigenvalue weighted by atomic mass is 10.2.